The molecule has 6 atom stereocenters. The van der Waals surface area contributed by atoms with Crippen LogP contribution in [-0.4, -0.2) is 51.8 Å². The van der Waals surface area contributed by atoms with E-state index in [9.17, 15) is 14.5 Å². The Balaban J connectivity index is 1.92. The number of aliphatic hydroxyl groups excluding tert-OH is 1. The predicted molar refractivity (Wildman–Crippen MR) is 75.6 cm³/mol. The summed E-state index contributed by atoms with van der Waals surface area (Å²) in [5.41, 5.74) is 3.69. The maximum atomic E-state index is 11.9. The van der Waals surface area contributed by atoms with E-state index in [0.29, 0.717) is 0 Å². The monoisotopic (exact) mass is 330 g/mol. The number of aromatic nitrogens is 2. The zero-order valence-electron chi connectivity index (χ0n) is 12.1. The number of nitrogens with two attached hydrogens (primary N) is 1. The molecular weight excluding hydrogens is 313 g/mol. The Morgan fingerprint density at radius 1 is 1.64 bits per heavy atom. The van der Waals surface area contributed by atoms with Gasteiger partial charge in [-0.25, -0.2) is 4.79 Å². The van der Waals surface area contributed by atoms with Gasteiger partial charge in [-0.05, 0) is 17.6 Å². The maximum Gasteiger partial charge on any atom is 0.504 e. The zero-order chi connectivity index (χ0) is 16.1. The van der Waals surface area contributed by atoms with Crippen molar-refractivity contribution in [3.63, 3.8) is 0 Å². The summed E-state index contributed by atoms with van der Waals surface area (Å²) in [5.74, 6) is 0.0975. The fourth-order valence-electron chi connectivity index (χ4n) is 2.89. The summed E-state index contributed by atoms with van der Waals surface area (Å²) in [6, 6.07) is 1.46. The SMILES string of the molecule is C[C@H]1O[C@H]2[C@H](n3ccc(N)nc3=O)O[C@]1(CO[P+](C)=O)[C@H]2O. The minimum atomic E-state index is -1.85. The number of nitrogen functional groups attached to an aromatic ring is 1. The lowest BCUT2D eigenvalue weighted by Crippen LogP contribution is -2.50. The van der Waals surface area contributed by atoms with Crippen molar-refractivity contribution in [2.45, 2.75) is 37.1 Å². The number of aliphatic hydroxyl groups is 1. The molecule has 2 bridgehead atoms. The highest BCUT2D eigenvalue weighted by Crippen LogP contribution is 2.49. The van der Waals surface area contributed by atoms with Gasteiger partial charge in [-0.1, -0.05) is 0 Å². The Morgan fingerprint density at radius 2 is 2.36 bits per heavy atom. The van der Waals surface area contributed by atoms with E-state index in [1.165, 1.54) is 23.5 Å². The molecule has 9 nitrogen and oxygen atoms in total. The summed E-state index contributed by atoms with van der Waals surface area (Å²) in [4.78, 5) is 15.6. The third-order valence-corrected chi connectivity index (χ3v) is 4.57. The summed E-state index contributed by atoms with van der Waals surface area (Å²) >= 11 is 0. The van der Waals surface area contributed by atoms with Crippen molar-refractivity contribution in [3.05, 3.63) is 22.7 Å². The van der Waals surface area contributed by atoms with Gasteiger partial charge in [0, 0.05) is 6.20 Å². The van der Waals surface area contributed by atoms with Crippen molar-refractivity contribution in [3.8, 4) is 0 Å². The first-order chi connectivity index (χ1) is 10.3. The fourth-order valence-corrected chi connectivity index (χ4v) is 3.27. The molecule has 2 aliphatic rings. The summed E-state index contributed by atoms with van der Waals surface area (Å²) in [5, 5.41) is 10.5. The van der Waals surface area contributed by atoms with Crippen molar-refractivity contribution in [1.29, 1.82) is 0 Å². The Labute approximate surface area is 126 Å². The van der Waals surface area contributed by atoms with Crippen LogP contribution in [0.15, 0.2) is 17.1 Å². The Bertz CT molecular complexity index is 667. The van der Waals surface area contributed by atoms with Crippen molar-refractivity contribution >= 4 is 13.8 Å². The maximum absolute atomic E-state index is 11.9. The van der Waals surface area contributed by atoms with Crippen molar-refractivity contribution in [2.24, 2.45) is 0 Å². The van der Waals surface area contributed by atoms with Crippen molar-refractivity contribution < 1.29 is 23.7 Å². The molecule has 120 valence electrons. The molecule has 1 aromatic heterocycles. The molecule has 0 spiro atoms. The molecule has 0 aliphatic carbocycles. The average molecular weight is 330 g/mol. The molecule has 0 amide bonds. The number of nitrogens with zero attached hydrogens (tertiary/aromatic N) is 2. The third kappa shape index (κ3) is 2.26. The van der Waals surface area contributed by atoms with E-state index in [1.807, 2.05) is 0 Å². The van der Waals surface area contributed by atoms with E-state index in [4.69, 9.17) is 19.7 Å². The van der Waals surface area contributed by atoms with Gasteiger partial charge in [0.1, 0.15) is 24.6 Å². The van der Waals surface area contributed by atoms with Gasteiger partial charge in [0.05, 0.1) is 6.10 Å². The largest absolute Gasteiger partial charge is 0.504 e. The molecule has 3 N–H and O–H groups in total. The van der Waals surface area contributed by atoms with Crippen LogP contribution in [0.2, 0.25) is 0 Å². The second-order valence-electron chi connectivity index (χ2n) is 5.41. The molecule has 0 aromatic carbocycles. The highest BCUT2D eigenvalue weighted by Gasteiger charge is 2.66. The van der Waals surface area contributed by atoms with E-state index in [2.05, 4.69) is 4.98 Å². The van der Waals surface area contributed by atoms with Crippen LogP contribution in [0.1, 0.15) is 13.2 Å². The normalized spacial score (nSPS) is 37.5. The van der Waals surface area contributed by atoms with E-state index in [0.717, 1.165) is 0 Å². The summed E-state index contributed by atoms with van der Waals surface area (Å²) in [6.07, 6.45) is -1.62. The molecule has 3 rings (SSSR count). The molecular formula is C12H17N3O6P+. The molecule has 1 unspecified atom stereocenters. The zero-order valence-corrected chi connectivity index (χ0v) is 13.0. The molecule has 2 fully saturated rings. The lowest BCUT2D eigenvalue weighted by Gasteiger charge is -2.34. The van der Waals surface area contributed by atoms with Gasteiger partial charge in [-0.2, -0.15) is 4.98 Å². The smallest absolute Gasteiger partial charge is 0.387 e. The highest BCUT2D eigenvalue weighted by molar-refractivity contribution is 7.38. The molecule has 0 saturated carbocycles. The molecule has 2 aliphatic heterocycles. The van der Waals surface area contributed by atoms with Gasteiger partial charge in [-0.15, -0.1) is 4.52 Å². The third-order valence-electron chi connectivity index (χ3n) is 4.08. The number of rotatable bonds is 4. The summed E-state index contributed by atoms with van der Waals surface area (Å²) in [6.45, 7) is 3.05. The first-order valence-electron chi connectivity index (χ1n) is 6.75. The van der Waals surface area contributed by atoms with Crippen LogP contribution in [0.4, 0.5) is 5.82 Å². The van der Waals surface area contributed by atoms with Crippen LogP contribution in [0.5, 0.6) is 0 Å². The first kappa shape index (κ1) is 15.5. The van der Waals surface area contributed by atoms with Crippen LogP contribution < -0.4 is 11.4 Å². The second kappa shape index (κ2) is 5.36. The number of hydrogen-bond donors (Lipinski definition) is 2. The van der Waals surface area contributed by atoms with Gasteiger partial charge in [0.15, 0.2) is 18.5 Å². The van der Waals surface area contributed by atoms with Crippen LogP contribution >= 0.6 is 8.03 Å². The molecule has 1 aromatic rings. The van der Waals surface area contributed by atoms with Gasteiger partial charge in [-0.3, -0.25) is 4.57 Å². The van der Waals surface area contributed by atoms with Crippen LogP contribution in [0.3, 0.4) is 0 Å². The highest BCUT2D eigenvalue weighted by atomic mass is 31.1. The average Bonchev–Trinajstić information content (AvgIpc) is 2.84. The minimum Gasteiger partial charge on any atom is -0.387 e. The first-order valence-corrected chi connectivity index (χ1v) is 8.37. The van der Waals surface area contributed by atoms with Crippen LogP contribution in [0, 0.1) is 0 Å². The summed E-state index contributed by atoms with van der Waals surface area (Å²) in [7, 11) is -1.85. The molecule has 2 saturated heterocycles. The van der Waals surface area contributed by atoms with Gasteiger partial charge >= 0.3 is 13.7 Å². The molecule has 3 heterocycles. The molecule has 22 heavy (non-hydrogen) atoms. The standard InChI is InChI=1S/C12H16N3O6P/c1-6-12(5-19-22(2)18)9(16)8(20-6)10(21-12)15-4-3-7(13)14-11(15)17/h3-4,6,8-10,16H,5H2,1-2H3,(H-,13,14,17)/p+1/t6-,8-,9+,10-,12+/m1/s1. The lowest BCUT2D eigenvalue weighted by molar-refractivity contribution is -0.215. The Morgan fingerprint density at radius 3 is 3.00 bits per heavy atom. The molecule has 0 radical (unpaired) electrons. The fraction of sp³-hybridized carbons (Fsp3) is 0.667. The predicted octanol–water partition coefficient (Wildman–Crippen LogP) is -0.370. The molecule has 10 heteroatoms. The van der Waals surface area contributed by atoms with Gasteiger partial charge < -0.3 is 20.3 Å². The Hall–Kier alpha value is -1.38. The topological polar surface area (TPSA) is 126 Å². The van der Waals surface area contributed by atoms with Gasteiger partial charge in [0.2, 0.25) is 0 Å². The van der Waals surface area contributed by atoms with E-state index in [-0.39, 0.29) is 12.4 Å². The Kier molecular flexibility index (Phi) is 3.78. The van der Waals surface area contributed by atoms with Crippen molar-refractivity contribution in [2.75, 3.05) is 19.0 Å². The van der Waals surface area contributed by atoms with E-state index in [1.54, 1.807) is 6.92 Å². The number of ether oxygens (including phenoxy) is 2. The minimum absolute atomic E-state index is 0.0921. The van der Waals surface area contributed by atoms with Gasteiger partial charge in [0.25, 0.3) is 0 Å². The van der Waals surface area contributed by atoms with Crippen LogP contribution in [-0.2, 0) is 18.6 Å². The van der Waals surface area contributed by atoms with Crippen molar-refractivity contribution in [1.82, 2.24) is 9.55 Å². The number of anilines is 1. The number of hydrogen-bond acceptors (Lipinski definition) is 8. The van der Waals surface area contributed by atoms with Crippen LogP contribution in [0.25, 0.3) is 0 Å². The van der Waals surface area contributed by atoms with E-state index < -0.39 is 43.9 Å². The second-order valence-corrected chi connectivity index (χ2v) is 6.54. The lowest BCUT2D eigenvalue weighted by atomic mass is 9.94. The van der Waals surface area contributed by atoms with E-state index >= 15 is 0 Å². The summed E-state index contributed by atoms with van der Waals surface area (Å²) < 4.78 is 29.1. The quantitative estimate of drug-likeness (QED) is 0.716. The number of fused-ring (bicyclic) bond motifs is 2.